The minimum atomic E-state index is -0.139. The largest absolute Gasteiger partial charge is 0.313 e. The Morgan fingerprint density at radius 1 is 1.10 bits per heavy atom. The number of halogens is 1. The molecule has 0 saturated carbocycles. The van der Waals surface area contributed by atoms with E-state index in [0.717, 1.165) is 16.9 Å². The summed E-state index contributed by atoms with van der Waals surface area (Å²) < 4.78 is 14.3. The number of aryl methyl sites for hydroxylation is 2. The quantitative estimate of drug-likeness (QED) is 0.875. The summed E-state index contributed by atoms with van der Waals surface area (Å²) in [6.45, 7) is 2.03. The van der Waals surface area contributed by atoms with Crippen molar-refractivity contribution in [2.75, 3.05) is 7.05 Å². The lowest BCUT2D eigenvalue weighted by Crippen LogP contribution is -2.12. The summed E-state index contributed by atoms with van der Waals surface area (Å²) >= 11 is 1.51. The van der Waals surface area contributed by atoms with Gasteiger partial charge in [0.25, 0.3) is 0 Å². The van der Waals surface area contributed by atoms with Crippen LogP contribution in [0.1, 0.15) is 36.1 Å². The van der Waals surface area contributed by atoms with E-state index in [1.54, 1.807) is 6.07 Å². The van der Waals surface area contributed by atoms with E-state index in [1.165, 1.54) is 35.7 Å². The van der Waals surface area contributed by atoms with Crippen LogP contribution in [0.15, 0.2) is 46.2 Å². The van der Waals surface area contributed by atoms with Gasteiger partial charge in [0.2, 0.25) is 0 Å². The van der Waals surface area contributed by atoms with Gasteiger partial charge < -0.3 is 5.32 Å². The monoisotopic (exact) mass is 301 g/mol. The standard InChI is InChI=1S/C18H20FNS/c1-12(20-2)14-7-9-18(17(19)11-14)21-16-8-6-13-4-3-5-15(13)10-16/h6-12,20H,3-5H2,1-2H3. The molecule has 2 aromatic rings. The van der Waals surface area contributed by atoms with Crippen molar-refractivity contribution in [3.63, 3.8) is 0 Å². The van der Waals surface area contributed by atoms with Crippen LogP contribution in [0, 0.1) is 5.82 Å². The molecule has 1 unspecified atom stereocenters. The van der Waals surface area contributed by atoms with Gasteiger partial charge in [0, 0.05) is 15.8 Å². The van der Waals surface area contributed by atoms with Crippen molar-refractivity contribution in [3.05, 3.63) is 58.9 Å². The Morgan fingerprint density at radius 2 is 1.90 bits per heavy atom. The average molecular weight is 301 g/mol. The fourth-order valence-corrected chi connectivity index (χ4v) is 3.66. The summed E-state index contributed by atoms with van der Waals surface area (Å²) in [6, 6.07) is 12.2. The number of rotatable bonds is 4. The Morgan fingerprint density at radius 3 is 2.67 bits per heavy atom. The van der Waals surface area contributed by atoms with Crippen LogP contribution >= 0.6 is 11.8 Å². The highest BCUT2D eigenvalue weighted by Crippen LogP contribution is 2.34. The Balaban J connectivity index is 1.81. The van der Waals surface area contributed by atoms with Crippen LogP contribution in [0.25, 0.3) is 0 Å². The van der Waals surface area contributed by atoms with Gasteiger partial charge in [-0.3, -0.25) is 0 Å². The van der Waals surface area contributed by atoms with Crippen molar-refractivity contribution in [1.29, 1.82) is 0 Å². The lowest BCUT2D eigenvalue weighted by molar-refractivity contribution is 0.587. The number of hydrogen-bond acceptors (Lipinski definition) is 2. The molecule has 1 atom stereocenters. The van der Waals surface area contributed by atoms with Crippen LogP contribution < -0.4 is 5.32 Å². The summed E-state index contributed by atoms with van der Waals surface area (Å²) in [5.41, 5.74) is 3.87. The zero-order chi connectivity index (χ0) is 14.8. The molecule has 0 amide bonds. The fourth-order valence-electron chi connectivity index (χ4n) is 2.77. The molecule has 3 heteroatoms. The molecule has 21 heavy (non-hydrogen) atoms. The molecule has 1 nitrogen and oxygen atoms in total. The molecule has 0 bridgehead atoms. The summed E-state index contributed by atoms with van der Waals surface area (Å²) in [5, 5.41) is 3.13. The predicted molar refractivity (Wildman–Crippen MR) is 86.5 cm³/mol. The second-order valence-corrected chi connectivity index (χ2v) is 6.70. The van der Waals surface area contributed by atoms with Crippen LogP contribution in [-0.2, 0) is 12.8 Å². The zero-order valence-corrected chi connectivity index (χ0v) is 13.3. The van der Waals surface area contributed by atoms with Crippen molar-refractivity contribution in [3.8, 4) is 0 Å². The number of benzene rings is 2. The zero-order valence-electron chi connectivity index (χ0n) is 12.4. The normalized spacial score (nSPS) is 15.0. The molecule has 0 spiro atoms. The highest BCUT2D eigenvalue weighted by Gasteiger charge is 2.13. The molecule has 0 fully saturated rings. The van der Waals surface area contributed by atoms with Gasteiger partial charge in [-0.25, -0.2) is 4.39 Å². The van der Waals surface area contributed by atoms with E-state index in [1.807, 2.05) is 26.1 Å². The molecule has 0 heterocycles. The Labute approximate surface area is 130 Å². The highest BCUT2D eigenvalue weighted by molar-refractivity contribution is 7.99. The molecular weight excluding hydrogens is 281 g/mol. The van der Waals surface area contributed by atoms with Gasteiger partial charge in [-0.05, 0) is 74.2 Å². The molecule has 3 rings (SSSR count). The van der Waals surface area contributed by atoms with E-state index in [9.17, 15) is 4.39 Å². The average Bonchev–Trinajstić information content (AvgIpc) is 2.96. The molecule has 0 aromatic heterocycles. The summed E-state index contributed by atoms with van der Waals surface area (Å²) in [4.78, 5) is 1.82. The first kappa shape index (κ1) is 14.6. The van der Waals surface area contributed by atoms with Crippen molar-refractivity contribution in [2.45, 2.75) is 42.0 Å². The lowest BCUT2D eigenvalue weighted by Gasteiger charge is -2.12. The molecule has 0 aliphatic heterocycles. The van der Waals surface area contributed by atoms with Gasteiger partial charge in [0.15, 0.2) is 0 Å². The third-order valence-corrected chi connectivity index (χ3v) is 5.23. The summed E-state index contributed by atoms with van der Waals surface area (Å²) in [7, 11) is 1.88. The third-order valence-electron chi connectivity index (χ3n) is 4.19. The Hall–Kier alpha value is -1.32. The van der Waals surface area contributed by atoms with Gasteiger partial charge in [0.05, 0.1) is 0 Å². The van der Waals surface area contributed by atoms with Gasteiger partial charge in [0.1, 0.15) is 5.82 Å². The fraction of sp³-hybridized carbons (Fsp3) is 0.333. The van der Waals surface area contributed by atoms with Gasteiger partial charge >= 0.3 is 0 Å². The molecular formula is C18H20FNS. The minimum absolute atomic E-state index is 0.139. The first-order valence-corrected chi connectivity index (χ1v) is 8.25. The van der Waals surface area contributed by atoms with E-state index in [-0.39, 0.29) is 11.9 Å². The minimum Gasteiger partial charge on any atom is -0.313 e. The molecule has 110 valence electrons. The van der Waals surface area contributed by atoms with E-state index >= 15 is 0 Å². The van der Waals surface area contributed by atoms with Gasteiger partial charge in [-0.2, -0.15) is 0 Å². The Kier molecular flexibility index (Phi) is 4.32. The lowest BCUT2D eigenvalue weighted by atomic mass is 10.1. The van der Waals surface area contributed by atoms with E-state index < -0.39 is 0 Å². The number of hydrogen-bond donors (Lipinski definition) is 1. The van der Waals surface area contributed by atoms with Crippen molar-refractivity contribution < 1.29 is 4.39 Å². The summed E-state index contributed by atoms with van der Waals surface area (Å²) in [6.07, 6.45) is 3.59. The van der Waals surface area contributed by atoms with Crippen LogP contribution in [0.2, 0.25) is 0 Å². The topological polar surface area (TPSA) is 12.0 Å². The van der Waals surface area contributed by atoms with Crippen LogP contribution in [-0.4, -0.2) is 7.05 Å². The number of nitrogens with one attached hydrogen (secondary N) is 1. The number of fused-ring (bicyclic) bond motifs is 1. The Bertz CT molecular complexity index is 654. The molecule has 2 aromatic carbocycles. The molecule has 0 saturated heterocycles. The second kappa shape index (κ2) is 6.20. The van der Waals surface area contributed by atoms with Crippen LogP contribution in [0.3, 0.4) is 0 Å². The molecule has 0 radical (unpaired) electrons. The molecule has 1 aliphatic carbocycles. The SMILES string of the molecule is CNC(C)c1ccc(Sc2ccc3c(c2)CCC3)c(F)c1. The maximum Gasteiger partial charge on any atom is 0.137 e. The smallest absolute Gasteiger partial charge is 0.137 e. The van der Waals surface area contributed by atoms with E-state index in [2.05, 4.69) is 23.5 Å². The van der Waals surface area contributed by atoms with Crippen molar-refractivity contribution in [1.82, 2.24) is 5.32 Å². The molecule has 1 N–H and O–H groups in total. The first-order chi connectivity index (χ1) is 10.2. The van der Waals surface area contributed by atoms with Crippen molar-refractivity contribution in [2.24, 2.45) is 0 Å². The van der Waals surface area contributed by atoms with Crippen molar-refractivity contribution >= 4 is 11.8 Å². The predicted octanol–water partition coefficient (Wildman–Crippen LogP) is 4.75. The third kappa shape index (κ3) is 3.14. The maximum absolute atomic E-state index is 14.3. The van der Waals surface area contributed by atoms with Crippen LogP contribution in [0.5, 0.6) is 0 Å². The maximum atomic E-state index is 14.3. The van der Waals surface area contributed by atoms with Gasteiger partial charge in [-0.15, -0.1) is 0 Å². The molecule has 1 aliphatic rings. The summed E-state index contributed by atoms with van der Waals surface area (Å²) in [5.74, 6) is -0.139. The van der Waals surface area contributed by atoms with Crippen LogP contribution in [0.4, 0.5) is 4.39 Å². The highest BCUT2D eigenvalue weighted by atomic mass is 32.2. The van der Waals surface area contributed by atoms with E-state index in [4.69, 9.17) is 0 Å². The van der Waals surface area contributed by atoms with E-state index in [0.29, 0.717) is 4.90 Å². The van der Waals surface area contributed by atoms with Gasteiger partial charge in [-0.1, -0.05) is 23.9 Å². The first-order valence-electron chi connectivity index (χ1n) is 7.44. The second-order valence-electron chi connectivity index (χ2n) is 5.59.